The summed E-state index contributed by atoms with van der Waals surface area (Å²) in [6.07, 6.45) is 2.59. The van der Waals surface area contributed by atoms with Gasteiger partial charge in [-0.2, -0.15) is 0 Å². The van der Waals surface area contributed by atoms with Gasteiger partial charge in [-0.3, -0.25) is 4.90 Å². The summed E-state index contributed by atoms with van der Waals surface area (Å²) in [6, 6.07) is 0.720. The van der Waals surface area contributed by atoms with E-state index in [9.17, 15) is 0 Å². The molecular weight excluding hydrogens is 236 g/mol. The van der Waals surface area contributed by atoms with Crippen molar-refractivity contribution in [1.82, 2.24) is 20.4 Å². The van der Waals surface area contributed by atoms with Crippen LogP contribution in [0.15, 0.2) is 0 Å². The molecule has 19 heavy (non-hydrogen) atoms. The van der Waals surface area contributed by atoms with Gasteiger partial charge in [0, 0.05) is 57.4 Å². The Labute approximate surface area is 118 Å². The van der Waals surface area contributed by atoms with E-state index in [0.29, 0.717) is 5.54 Å². The molecule has 2 unspecified atom stereocenters. The van der Waals surface area contributed by atoms with Gasteiger partial charge in [0.25, 0.3) is 0 Å². The van der Waals surface area contributed by atoms with Crippen molar-refractivity contribution in [2.45, 2.75) is 45.2 Å². The molecule has 112 valence electrons. The summed E-state index contributed by atoms with van der Waals surface area (Å²) in [5.74, 6) is 0. The number of hydrogen-bond acceptors (Lipinski definition) is 4. The molecule has 4 heteroatoms. The second-order valence-corrected chi connectivity index (χ2v) is 6.53. The van der Waals surface area contributed by atoms with E-state index in [4.69, 9.17) is 0 Å². The van der Waals surface area contributed by atoms with Crippen molar-refractivity contribution in [3.8, 4) is 0 Å². The first kappa shape index (κ1) is 15.2. The second-order valence-electron chi connectivity index (χ2n) is 6.53. The average molecular weight is 268 g/mol. The first-order chi connectivity index (χ1) is 9.13. The highest BCUT2D eigenvalue weighted by Crippen LogP contribution is 2.20. The van der Waals surface area contributed by atoms with Crippen molar-refractivity contribution in [3.05, 3.63) is 0 Å². The lowest BCUT2D eigenvalue weighted by Crippen LogP contribution is -2.59. The van der Waals surface area contributed by atoms with Gasteiger partial charge >= 0.3 is 0 Å². The number of rotatable bonds is 5. The monoisotopic (exact) mass is 268 g/mol. The van der Waals surface area contributed by atoms with Gasteiger partial charge in [0.1, 0.15) is 0 Å². The van der Waals surface area contributed by atoms with Crippen LogP contribution in [0.1, 0.15) is 33.6 Å². The predicted octanol–water partition coefficient (Wildman–Crippen LogP) is 0.744. The first-order valence-electron chi connectivity index (χ1n) is 8.05. The quantitative estimate of drug-likeness (QED) is 0.770. The molecule has 0 aromatic carbocycles. The number of hydrogen-bond donors (Lipinski definition) is 2. The maximum Gasteiger partial charge on any atom is 0.0281 e. The lowest BCUT2D eigenvalue weighted by atomic mass is 9.91. The van der Waals surface area contributed by atoms with Crippen LogP contribution in [0.2, 0.25) is 0 Å². The summed E-state index contributed by atoms with van der Waals surface area (Å²) >= 11 is 0. The van der Waals surface area contributed by atoms with Gasteiger partial charge in [-0.25, -0.2) is 0 Å². The Bertz CT molecular complexity index is 265. The number of nitrogens with one attached hydrogen (secondary N) is 2. The van der Waals surface area contributed by atoms with E-state index in [2.05, 4.69) is 41.2 Å². The third-order valence-electron chi connectivity index (χ3n) is 4.89. The van der Waals surface area contributed by atoms with Crippen LogP contribution in [0.25, 0.3) is 0 Å². The lowest BCUT2D eigenvalue weighted by molar-refractivity contribution is 0.119. The van der Waals surface area contributed by atoms with E-state index in [0.717, 1.165) is 25.7 Å². The topological polar surface area (TPSA) is 30.5 Å². The molecule has 0 aromatic heterocycles. The standard InChI is InChI=1S/C15H32N4/c1-4-18-10-9-17-15(3,13-18)6-5-14(2)19-11-7-16-8-12-19/h14,16-17H,4-13H2,1-3H3. The van der Waals surface area contributed by atoms with Gasteiger partial charge in [0.2, 0.25) is 0 Å². The molecule has 0 bridgehead atoms. The summed E-state index contributed by atoms with van der Waals surface area (Å²) in [5.41, 5.74) is 0.316. The molecule has 2 aliphatic heterocycles. The smallest absolute Gasteiger partial charge is 0.0281 e. The van der Waals surface area contributed by atoms with Crippen LogP contribution in [0.4, 0.5) is 0 Å². The van der Waals surface area contributed by atoms with Crippen molar-refractivity contribution in [3.63, 3.8) is 0 Å². The molecule has 2 fully saturated rings. The highest BCUT2D eigenvalue weighted by molar-refractivity contribution is 4.91. The highest BCUT2D eigenvalue weighted by Gasteiger charge is 2.30. The van der Waals surface area contributed by atoms with E-state index >= 15 is 0 Å². The van der Waals surface area contributed by atoms with Crippen molar-refractivity contribution in [2.75, 3.05) is 52.4 Å². The fraction of sp³-hybridized carbons (Fsp3) is 1.00. The molecule has 0 radical (unpaired) electrons. The molecule has 0 saturated carbocycles. The first-order valence-corrected chi connectivity index (χ1v) is 8.05. The van der Waals surface area contributed by atoms with E-state index in [1.54, 1.807) is 0 Å². The Morgan fingerprint density at radius 2 is 1.89 bits per heavy atom. The third-order valence-corrected chi connectivity index (χ3v) is 4.89. The summed E-state index contributed by atoms with van der Waals surface area (Å²) in [6.45, 7) is 16.6. The molecule has 0 aliphatic carbocycles. The molecule has 2 aliphatic rings. The van der Waals surface area contributed by atoms with E-state index < -0.39 is 0 Å². The number of piperazine rings is 2. The van der Waals surface area contributed by atoms with E-state index in [-0.39, 0.29) is 0 Å². The fourth-order valence-corrected chi connectivity index (χ4v) is 3.41. The number of likely N-dealkylation sites (N-methyl/N-ethyl adjacent to an activating group) is 1. The zero-order valence-corrected chi connectivity index (χ0v) is 13.0. The third kappa shape index (κ3) is 4.42. The Morgan fingerprint density at radius 3 is 2.58 bits per heavy atom. The van der Waals surface area contributed by atoms with Crippen LogP contribution in [0.5, 0.6) is 0 Å². The van der Waals surface area contributed by atoms with Gasteiger partial charge in [-0.05, 0) is 33.2 Å². The molecule has 0 spiro atoms. The van der Waals surface area contributed by atoms with Crippen molar-refractivity contribution < 1.29 is 0 Å². The molecule has 2 atom stereocenters. The van der Waals surface area contributed by atoms with Gasteiger partial charge in [0.15, 0.2) is 0 Å². The Balaban J connectivity index is 1.76. The normalized spacial score (nSPS) is 32.4. The van der Waals surface area contributed by atoms with Gasteiger partial charge in [0.05, 0.1) is 0 Å². The van der Waals surface area contributed by atoms with Gasteiger partial charge in [-0.1, -0.05) is 6.92 Å². The maximum atomic E-state index is 3.75. The minimum absolute atomic E-state index is 0.316. The van der Waals surface area contributed by atoms with Crippen LogP contribution < -0.4 is 10.6 Å². The summed E-state index contributed by atoms with van der Waals surface area (Å²) < 4.78 is 0. The fourth-order valence-electron chi connectivity index (χ4n) is 3.41. The minimum atomic E-state index is 0.316. The lowest BCUT2D eigenvalue weighted by Gasteiger charge is -2.42. The minimum Gasteiger partial charge on any atom is -0.314 e. The Hall–Kier alpha value is -0.160. The van der Waals surface area contributed by atoms with Gasteiger partial charge in [-0.15, -0.1) is 0 Å². The Morgan fingerprint density at radius 1 is 1.16 bits per heavy atom. The largest absolute Gasteiger partial charge is 0.314 e. The van der Waals surface area contributed by atoms with Crippen LogP contribution in [-0.4, -0.2) is 73.7 Å². The molecule has 2 N–H and O–H groups in total. The Kier molecular flexibility index (Phi) is 5.63. The van der Waals surface area contributed by atoms with Crippen molar-refractivity contribution in [1.29, 1.82) is 0 Å². The predicted molar refractivity (Wildman–Crippen MR) is 81.7 cm³/mol. The zero-order chi connectivity index (χ0) is 13.7. The zero-order valence-electron chi connectivity index (χ0n) is 13.0. The summed E-state index contributed by atoms with van der Waals surface area (Å²) in [7, 11) is 0. The maximum absolute atomic E-state index is 3.75. The van der Waals surface area contributed by atoms with Crippen LogP contribution in [0.3, 0.4) is 0 Å². The van der Waals surface area contributed by atoms with Crippen LogP contribution in [-0.2, 0) is 0 Å². The summed E-state index contributed by atoms with van der Waals surface area (Å²) in [4.78, 5) is 5.21. The average Bonchev–Trinajstić information content (AvgIpc) is 2.46. The molecule has 4 nitrogen and oxygen atoms in total. The van der Waals surface area contributed by atoms with Gasteiger partial charge < -0.3 is 15.5 Å². The summed E-state index contributed by atoms with van der Waals surface area (Å²) in [5, 5.41) is 7.18. The number of nitrogens with zero attached hydrogens (tertiary/aromatic N) is 2. The van der Waals surface area contributed by atoms with E-state index in [1.807, 2.05) is 0 Å². The SMILES string of the molecule is CCN1CCNC(C)(CCC(C)N2CCNCC2)C1. The second kappa shape index (κ2) is 7.02. The molecule has 0 amide bonds. The molecule has 2 rings (SSSR count). The van der Waals surface area contributed by atoms with E-state index in [1.165, 1.54) is 45.6 Å². The van der Waals surface area contributed by atoms with Crippen LogP contribution in [0, 0.1) is 0 Å². The van der Waals surface area contributed by atoms with Crippen LogP contribution >= 0.6 is 0 Å². The molecule has 2 saturated heterocycles. The van der Waals surface area contributed by atoms with Crippen molar-refractivity contribution in [2.24, 2.45) is 0 Å². The molecule has 0 aromatic rings. The molecule has 2 heterocycles. The highest BCUT2D eigenvalue weighted by atomic mass is 15.2. The molecular formula is C15H32N4. The van der Waals surface area contributed by atoms with Crippen molar-refractivity contribution >= 4 is 0 Å².